The second-order valence-electron chi connectivity index (χ2n) is 7.82. The Morgan fingerprint density at radius 3 is 2.00 bits per heavy atom. The van der Waals surface area contributed by atoms with Crippen LogP contribution in [0.1, 0.15) is 66.7 Å². The van der Waals surface area contributed by atoms with E-state index in [0.29, 0.717) is 5.41 Å². The second kappa shape index (κ2) is 6.38. The Morgan fingerprint density at radius 1 is 1.00 bits per heavy atom. The van der Waals surface area contributed by atoms with Crippen LogP contribution in [0, 0.1) is 17.3 Å². The highest BCUT2D eigenvalue weighted by molar-refractivity contribution is 4.84. The molecule has 1 aliphatic rings. The van der Waals surface area contributed by atoms with Crippen LogP contribution in [0.4, 0.5) is 0 Å². The van der Waals surface area contributed by atoms with Gasteiger partial charge in [0.25, 0.3) is 0 Å². The summed E-state index contributed by atoms with van der Waals surface area (Å²) >= 11 is 0. The Morgan fingerprint density at radius 2 is 1.56 bits per heavy atom. The van der Waals surface area contributed by atoms with E-state index in [4.69, 9.17) is 5.11 Å². The quantitative estimate of drug-likeness (QED) is 0.787. The Bertz CT molecular complexity index is 234. The Kier molecular flexibility index (Phi) is 5.67. The van der Waals surface area contributed by atoms with Crippen molar-refractivity contribution in [1.82, 2.24) is 5.32 Å². The summed E-state index contributed by atoms with van der Waals surface area (Å²) in [6.45, 7) is 12.9. The minimum atomic E-state index is 0.0790. The highest BCUT2D eigenvalue weighted by atomic mass is 16.3. The number of nitrogens with one attached hydrogen (secondary N) is 1. The van der Waals surface area contributed by atoms with Crippen molar-refractivity contribution in [1.29, 1.82) is 0 Å². The van der Waals surface area contributed by atoms with Crippen LogP contribution in [0.15, 0.2) is 0 Å². The maximum absolute atomic E-state index is 9.02. The molecule has 0 saturated heterocycles. The highest BCUT2D eigenvalue weighted by Crippen LogP contribution is 2.39. The maximum Gasteiger partial charge on any atom is 0.0448 e. The van der Waals surface area contributed by atoms with Crippen molar-refractivity contribution in [3.05, 3.63) is 0 Å². The lowest BCUT2D eigenvalue weighted by Gasteiger charge is -2.38. The Hall–Kier alpha value is -0.0800. The standard InChI is InChI=1S/C16H33NO/c1-15(2,3)14-8-6-13(7-9-14)12-17-16(4,5)10-11-18/h13-14,17-18H,6-12H2,1-5H3. The Labute approximate surface area is 114 Å². The molecule has 18 heavy (non-hydrogen) atoms. The minimum Gasteiger partial charge on any atom is -0.396 e. The first-order chi connectivity index (χ1) is 8.24. The molecule has 0 bridgehead atoms. The summed E-state index contributed by atoms with van der Waals surface area (Å²) in [5, 5.41) is 12.6. The van der Waals surface area contributed by atoms with E-state index in [1.807, 2.05) is 0 Å². The van der Waals surface area contributed by atoms with Crippen LogP contribution in [0.2, 0.25) is 0 Å². The van der Waals surface area contributed by atoms with Gasteiger partial charge in [0.1, 0.15) is 0 Å². The molecule has 1 fully saturated rings. The van der Waals surface area contributed by atoms with Gasteiger partial charge >= 0.3 is 0 Å². The summed E-state index contributed by atoms with van der Waals surface area (Å²) in [5.74, 6) is 1.74. The third-order valence-corrected chi connectivity index (χ3v) is 4.68. The third-order valence-electron chi connectivity index (χ3n) is 4.68. The van der Waals surface area contributed by atoms with Gasteiger partial charge in [0.15, 0.2) is 0 Å². The van der Waals surface area contributed by atoms with Gasteiger partial charge in [-0.2, -0.15) is 0 Å². The zero-order chi connectivity index (χ0) is 13.8. The average Bonchev–Trinajstić information content (AvgIpc) is 2.26. The number of hydrogen-bond donors (Lipinski definition) is 2. The molecule has 0 aliphatic heterocycles. The predicted octanol–water partition coefficient (Wildman–Crippen LogP) is 3.59. The lowest BCUT2D eigenvalue weighted by Crippen LogP contribution is -2.43. The van der Waals surface area contributed by atoms with E-state index in [-0.39, 0.29) is 12.1 Å². The molecule has 0 unspecified atom stereocenters. The first kappa shape index (κ1) is 16.0. The molecule has 0 atom stereocenters. The van der Waals surface area contributed by atoms with Crippen LogP contribution in [-0.4, -0.2) is 23.8 Å². The van der Waals surface area contributed by atoms with Crippen LogP contribution < -0.4 is 5.32 Å². The molecule has 0 spiro atoms. The first-order valence-electron chi connectivity index (χ1n) is 7.60. The predicted molar refractivity (Wildman–Crippen MR) is 78.7 cm³/mol. The maximum atomic E-state index is 9.02. The van der Waals surface area contributed by atoms with E-state index in [1.165, 1.54) is 25.7 Å². The Balaban J connectivity index is 2.28. The number of aliphatic hydroxyl groups is 1. The molecule has 108 valence electrons. The number of rotatable bonds is 5. The topological polar surface area (TPSA) is 32.3 Å². The average molecular weight is 255 g/mol. The summed E-state index contributed by atoms with van der Waals surface area (Å²) in [7, 11) is 0. The first-order valence-corrected chi connectivity index (χ1v) is 7.60. The fraction of sp³-hybridized carbons (Fsp3) is 1.00. The van der Waals surface area contributed by atoms with Crippen molar-refractivity contribution in [2.75, 3.05) is 13.2 Å². The molecule has 0 aromatic rings. The number of aliphatic hydroxyl groups excluding tert-OH is 1. The van der Waals surface area contributed by atoms with Gasteiger partial charge in [-0.05, 0) is 69.7 Å². The molecule has 1 rings (SSSR count). The van der Waals surface area contributed by atoms with Crippen molar-refractivity contribution in [3.63, 3.8) is 0 Å². The highest BCUT2D eigenvalue weighted by Gasteiger charge is 2.30. The molecular weight excluding hydrogens is 222 g/mol. The van der Waals surface area contributed by atoms with Gasteiger partial charge in [-0.3, -0.25) is 0 Å². The zero-order valence-corrected chi connectivity index (χ0v) is 13.1. The molecule has 2 N–H and O–H groups in total. The molecule has 0 aromatic heterocycles. The van der Waals surface area contributed by atoms with Gasteiger partial charge in [-0.1, -0.05) is 20.8 Å². The van der Waals surface area contributed by atoms with Gasteiger partial charge in [-0.15, -0.1) is 0 Å². The molecule has 0 radical (unpaired) electrons. The molecule has 0 aromatic carbocycles. The summed E-state index contributed by atoms with van der Waals surface area (Å²) in [6.07, 6.45) is 6.34. The molecule has 1 aliphatic carbocycles. The third kappa shape index (κ3) is 5.27. The lowest BCUT2D eigenvalue weighted by molar-refractivity contribution is 0.142. The van der Waals surface area contributed by atoms with Gasteiger partial charge in [0, 0.05) is 12.1 Å². The molecule has 2 heteroatoms. The van der Waals surface area contributed by atoms with E-state index in [1.54, 1.807) is 0 Å². The van der Waals surface area contributed by atoms with E-state index in [9.17, 15) is 0 Å². The summed E-state index contributed by atoms with van der Waals surface area (Å²) in [6, 6.07) is 0. The van der Waals surface area contributed by atoms with Crippen molar-refractivity contribution in [2.24, 2.45) is 17.3 Å². The number of hydrogen-bond acceptors (Lipinski definition) is 2. The smallest absolute Gasteiger partial charge is 0.0448 e. The molecule has 1 saturated carbocycles. The SMILES string of the molecule is CC(C)(CCO)NCC1CCC(C(C)(C)C)CC1. The molecule has 0 heterocycles. The van der Waals surface area contributed by atoms with Crippen molar-refractivity contribution >= 4 is 0 Å². The van der Waals surface area contributed by atoms with Gasteiger partial charge < -0.3 is 10.4 Å². The van der Waals surface area contributed by atoms with Gasteiger partial charge in [-0.25, -0.2) is 0 Å². The monoisotopic (exact) mass is 255 g/mol. The van der Waals surface area contributed by atoms with Gasteiger partial charge in [0.2, 0.25) is 0 Å². The van der Waals surface area contributed by atoms with Crippen LogP contribution in [0.5, 0.6) is 0 Å². The van der Waals surface area contributed by atoms with Crippen LogP contribution in [0.3, 0.4) is 0 Å². The van der Waals surface area contributed by atoms with Crippen molar-refractivity contribution in [3.8, 4) is 0 Å². The molecule has 2 nitrogen and oxygen atoms in total. The van der Waals surface area contributed by atoms with Crippen LogP contribution in [-0.2, 0) is 0 Å². The van der Waals surface area contributed by atoms with Crippen molar-refractivity contribution < 1.29 is 5.11 Å². The summed E-state index contributed by atoms with van der Waals surface area (Å²) < 4.78 is 0. The fourth-order valence-corrected chi connectivity index (χ4v) is 3.02. The van der Waals surface area contributed by atoms with Gasteiger partial charge in [0.05, 0.1) is 0 Å². The van der Waals surface area contributed by atoms with Crippen LogP contribution in [0.25, 0.3) is 0 Å². The van der Waals surface area contributed by atoms with E-state index < -0.39 is 0 Å². The van der Waals surface area contributed by atoms with E-state index in [0.717, 1.165) is 24.8 Å². The lowest BCUT2D eigenvalue weighted by atomic mass is 9.70. The van der Waals surface area contributed by atoms with E-state index >= 15 is 0 Å². The second-order valence-corrected chi connectivity index (χ2v) is 7.82. The normalized spacial score (nSPS) is 26.3. The molecular formula is C16H33NO. The summed E-state index contributed by atoms with van der Waals surface area (Å²) in [5.41, 5.74) is 0.560. The summed E-state index contributed by atoms with van der Waals surface area (Å²) in [4.78, 5) is 0. The molecule has 0 amide bonds. The minimum absolute atomic E-state index is 0.0790. The largest absolute Gasteiger partial charge is 0.396 e. The zero-order valence-electron chi connectivity index (χ0n) is 13.1. The van der Waals surface area contributed by atoms with Crippen LogP contribution >= 0.6 is 0 Å². The van der Waals surface area contributed by atoms with E-state index in [2.05, 4.69) is 39.9 Å². The fourth-order valence-electron chi connectivity index (χ4n) is 3.02. The van der Waals surface area contributed by atoms with Crippen molar-refractivity contribution in [2.45, 2.75) is 72.3 Å².